The van der Waals surface area contributed by atoms with Gasteiger partial charge in [0, 0.05) is 26.6 Å². The van der Waals surface area contributed by atoms with Crippen molar-refractivity contribution in [1.29, 1.82) is 0 Å². The van der Waals surface area contributed by atoms with Gasteiger partial charge in [-0.2, -0.15) is 0 Å². The van der Waals surface area contributed by atoms with E-state index in [0.29, 0.717) is 25.9 Å². The van der Waals surface area contributed by atoms with E-state index in [0.717, 1.165) is 0 Å². The molecule has 7 heteroatoms. The largest absolute Gasteiger partial charge is 0.334 e. The molecule has 22 heavy (non-hydrogen) atoms. The van der Waals surface area contributed by atoms with Crippen molar-refractivity contribution in [3.05, 3.63) is 30.1 Å². The van der Waals surface area contributed by atoms with Gasteiger partial charge in [-0.3, -0.25) is 9.59 Å². The molecule has 0 saturated carbocycles. The van der Waals surface area contributed by atoms with E-state index in [2.05, 4.69) is 5.32 Å². The highest BCUT2D eigenvalue weighted by Gasteiger charge is 2.37. The van der Waals surface area contributed by atoms with Gasteiger partial charge in [0.25, 0.3) is 0 Å². The highest BCUT2D eigenvalue weighted by atomic mass is 35.5. The molecule has 1 unspecified atom stereocenters. The smallest absolute Gasteiger partial charge is 0.249 e. The number of hydrogen-bond acceptors (Lipinski definition) is 3. The molecule has 0 spiro atoms. The van der Waals surface area contributed by atoms with Crippen LogP contribution >= 0.6 is 12.4 Å². The van der Waals surface area contributed by atoms with Crippen LogP contribution in [0.3, 0.4) is 0 Å². The summed E-state index contributed by atoms with van der Waals surface area (Å²) in [5, 5.41) is 2.90. The van der Waals surface area contributed by atoms with Crippen LogP contribution in [0.25, 0.3) is 0 Å². The van der Waals surface area contributed by atoms with E-state index in [9.17, 15) is 14.0 Å². The lowest BCUT2D eigenvalue weighted by atomic mass is 10.2. The second-order valence-corrected chi connectivity index (χ2v) is 5.10. The van der Waals surface area contributed by atoms with Gasteiger partial charge in [-0.1, -0.05) is 12.1 Å². The number of likely N-dealkylation sites (N-methyl/N-ethyl adjacent to an activating group) is 1. The maximum atomic E-state index is 13.8. The Labute approximate surface area is 135 Å². The van der Waals surface area contributed by atoms with Crippen molar-refractivity contribution < 1.29 is 14.0 Å². The van der Waals surface area contributed by atoms with E-state index in [4.69, 9.17) is 0 Å². The fraction of sp³-hybridized carbons (Fsp3) is 0.467. The summed E-state index contributed by atoms with van der Waals surface area (Å²) in [5.74, 6) is -0.728. The molecule has 1 atom stereocenters. The molecule has 1 aliphatic rings. The number of rotatable bonds is 5. The summed E-state index contributed by atoms with van der Waals surface area (Å²) in [6.07, 6.45) is 0.867. The minimum Gasteiger partial charge on any atom is -0.334 e. The van der Waals surface area contributed by atoms with Crippen molar-refractivity contribution in [2.45, 2.75) is 18.9 Å². The number of carbonyl (C=O) groups is 2. The van der Waals surface area contributed by atoms with E-state index in [1.807, 2.05) is 0 Å². The predicted octanol–water partition coefficient (Wildman–Crippen LogP) is 1.42. The molecule has 1 aromatic carbocycles. The van der Waals surface area contributed by atoms with Crippen LogP contribution in [0.4, 0.5) is 10.1 Å². The van der Waals surface area contributed by atoms with E-state index in [1.54, 1.807) is 32.3 Å². The molecule has 1 aromatic rings. The molecule has 2 amide bonds. The van der Waals surface area contributed by atoms with Crippen LogP contribution < -0.4 is 10.2 Å². The van der Waals surface area contributed by atoms with Crippen LogP contribution in [0.2, 0.25) is 0 Å². The van der Waals surface area contributed by atoms with Gasteiger partial charge in [-0.15, -0.1) is 12.4 Å². The minimum absolute atomic E-state index is 0. The third kappa shape index (κ3) is 3.75. The molecule has 1 fully saturated rings. The lowest BCUT2D eigenvalue weighted by molar-refractivity contribution is -0.136. The first-order valence-electron chi connectivity index (χ1n) is 7.02. The highest BCUT2D eigenvalue weighted by Crippen LogP contribution is 2.26. The molecule has 1 saturated heterocycles. The number of carbonyl (C=O) groups excluding carboxylic acids is 2. The first kappa shape index (κ1) is 18.4. The van der Waals surface area contributed by atoms with Crippen LogP contribution in [0.5, 0.6) is 0 Å². The van der Waals surface area contributed by atoms with E-state index >= 15 is 0 Å². The number of anilines is 1. The molecular weight excluding hydrogens is 309 g/mol. The summed E-state index contributed by atoms with van der Waals surface area (Å²) in [7, 11) is 3.40. The van der Waals surface area contributed by atoms with Crippen LogP contribution in [-0.4, -0.2) is 49.9 Å². The van der Waals surface area contributed by atoms with Gasteiger partial charge in [0.2, 0.25) is 11.8 Å². The molecule has 0 aliphatic carbocycles. The van der Waals surface area contributed by atoms with Gasteiger partial charge >= 0.3 is 0 Å². The van der Waals surface area contributed by atoms with Crippen LogP contribution in [0.15, 0.2) is 24.3 Å². The number of nitrogens with one attached hydrogen (secondary N) is 1. The maximum Gasteiger partial charge on any atom is 0.249 e. The number of halogens is 2. The Morgan fingerprint density at radius 1 is 1.45 bits per heavy atom. The minimum atomic E-state index is -0.506. The number of benzene rings is 1. The van der Waals surface area contributed by atoms with Crippen molar-refractivity contribution in [2.75, 3.05) is 32.1 Å². The zero-order valence-electron chi connectivity index (χ0n) is 12.7. The molecule has 1 heterocycles. The lowest BCUT2D eigenvalue weighted by Gasteiger charge is -2.24. The van der Waals surface area contributed by atoms with Crippen molar-refractivity contribution in [2.24, 2.45) is 0 Å². The van der Waals surface area contributed by atoms with E-state index < -0.39 is 11.9 Å². The third-order valence-corrected chi connectivity index (χ3v) is 3.77. The fourth-order valence-electron chi connectivity index (χ4n) is 2.52. The van der Waals surface area contributed by atoms with Crippen molar-refractivity contribution >= 4 is 29.9 Å². The van der Waals surface area contributed by atoms with Crippen molar-refractivity contribution in [3.8, 4) is 0 Å². The lowest BCUT2D eigenvalue weighted by Crippen LogP contribution is -2.43. The topological polar surface area (TPSA) is 52.7 Å². The number of hydrogen-bond donors (Lipinski definition) is 1. The fourth-order valence-corrected chi connectivity index (χ4v) is 2.52. The van der Waals surface area contributed by atoms with Gasteiger partial charge in [0.1, 0.15) is 11.9 Å². The quantitative estimate of drug-likeness (QED) is 0.889. The second kappa shape index (κ2) is 8.10. The van der Waals surface area contributed by atoms with Crippen molar-refractivity contribution in [3.63, 3.8) is 0 Å². The molecule has 0 bridgehead atoms. The number of nitrogens with zero attached hydrogens (tertiary/aromatic N) is 2. The molecule has 1 aliphatic heterocycles. The zero-order chi connectivity index (χ0) is 15.4. The predicted molar refractivity (Wildman–Crippen MR) is 85.7 cm³/mol. The Kier molecular flexibility index (Phi) is 6.77. The zero-order valence-corrected chi connectivity index (χ0v) is 13.5. The molecular formula is C15H21ClFN3O2. The Balaban J connectivity index is 0.00000242. The molecule has 0 aromatic heterocycles. The first-order valence-corrected chi connectivity index (χ1v) is 7.02. The monoisotopic (exact) mass is 329 g/mol. The second-order valence-electron chi connectivity index (χ2n) is 5.10. The van der Waals surface area contributed by atoms with Crippen LogP contribution in [-0.2, 0) is 9.59 Å². The summed E-state index contributed by atoms with van der Waals surface area (Å²) in [6.45, 7) is 0.995. The van der Waals surface area contributed by atoms with Gasteiger partial charge < -0.3 is 15.1 Å². The summed E-state index contributed by atoms with van der Waals surface area (Å²) in [5.41, 5.74) is 0.279. The van der Waals surface area contributed by atoms with Gasteiger partial charge in [-0.25, -0.2) is 4.39 Å². The maximum absolute atomic E-state index is 13.8. The first-order chi connectivity index (χ1) is 10.1. The normalized spacial score (nSPS) is 17.3. The standard InChI is InChI=1S/C15H20FN3O2.ClH/c1-17-9-7-14(20)18(2)13-8-10-19(15(13)21)12-6-4-3-5-11(12)16;/h3-6,13,17H,7-10H2,1-2H3;1H. The number of amides is 2. The average Bonchev–Trinajstić information content (AvgIpc) is 2.86. The SMILES string of the molecule is CNCCC(=O)N(C)C1CCN(c2ccccc2F)C1=O.Cl. The Morgan fingerprint density at radius 2 is 2.14 bits per heavy atom. The van der Waals surface area contributed by atoms with Crippen molar-refractivity contribution in [1.82, 2.24) is 10.2 Å². The summed E-state index contributed by atoms with van der Waals surface area (Å²) >= 11 is 0. The average molecular weight is 330 g/mol. The number of para-hydroxylation sites is 1. The molecule has 2 rings (SSSR count). The molecule has 1 N–H and O–H groups in total. The van der Waals surface area contributed by atoms with Crippen LogP contribution in [0, 0.1) is 5.82 Å². The molecule has 0 radical (unpaired) electrons. The summed E-state index contributed by atoms with van der Waals surface area (Å²) < 4.78 is 13.8. The van der Waals surface area contributed by atoms with E-state index in [-0.39, 0.29) is 29.9 Å². The molecule has 122 valence electrons. The van der Waals surface area contributed by atoms with E-state index in [1.165, 1.54) is 15.9 Å². The van der Waals surface area contributed by atoms with Gasteiger partial charge in [-0.05, 0) is 25.6 Å². The summed E-state index contributed by atoms with van der Waals surface area (Å²) in [6, 6.07) is 5.69. The Morgan fingerprint density at radius 3 is 2.77 bits per heavy atom. The third-order valence-electron chi connectivity index (χ3n) is 3.77. The highest BCUT2D eigenvalue weighted by molar-refractivity contribution is 6.01. The molecule has 5 nitrogen and oxygen atoms in total. The van der Waals surface area contributed by atoms with Gasteiger partial charge in [0.15, 0.2) is 0 Å². The van der Waals surface area contributed by atoms with Crippen LogP contribution in [0.1, 0.15) is 12.8 Å². The Bertz CT molecular complexity index is 541. The van der Waals surface area contributed by atoms with Gasteiger partial charge in [0.05, 0.1) is 5.69 Å². The Hall–Kier alpha value is -1.66. The summed E-state index contributed by atoms with van der Waals surface area (Å²) in [4.78, 5) is 27.3.